The average Bonchev–Trinajstić information content (AvgIpc) is 2.39. The lowest BCUT2D eigenvalue weighted by molar-refractivity contribution is -0.115. The van der Waals surface area contributed by atoms with E-state index >= 15 is 0 Å². The number of hydrogen-bond acceptors (Lipinski definition) is 1. The number of hydrogen-bond donors (Lipinski definition) is 0. The van der Waals surface area contributed by atoms with Gasteiger partial charge in [0.05, 0.1) is 0 Å². The number of nitrogens with zero attached hydrogens (tertiary/aromatic N) is 1. The molecule has 82 valence electrons. The van der Waals surface area contributed by atoms with Crippen LogP contribution < -0.4 is 4.90 Å². The second kappa shape index (κ2) is 4.79. The van der Waals surface area contributed by atoms with Gasteiger partial charge in [0.15, 0.2) is 0 Å². The zero-order valence-corrected chi connectivity index (χ0v) is 9.39. The lowest BCUT2D eigenvalue weighted by atomic mass is 10.0. The van der Waals surface area contributed by atoms with Crippen LogP contribution in [0.4, 0.5) is 5.69 Å². The molecule has 0 N–H and O–H groups in total. The summed E-state index contributed by atoms with van der Waals surface area (Å²) >= 11 is 0. The highest BCUT2D eigenvalue weighted by Gasteiger charge is 2.15. The lowest BCUT2D eigenvalue weighted by Crippen LogP contribution is -2.27. The van der Waals surface area contributed by atoms with E-state index in [9.17, 15) is 4.79 Å². The number of benzene rings is 1. The van der Waals surface area contributed by atoms with Crippen molar-refractivity contribution in [2.75, 3.05) is 11.9 Å². The van der Waals surface area contributed by atoms with Crippen molar-refractivity contribution in [3.8, 4) is 0 Å². The van der Waals surface area contributed by atoms with Crippen molar-refractivity contribution in [3.63, 3.8) is 0 Å². The van der Waals surface area contributed by atoms with Crippen LogP contribution in [0.5, 0.6) is 0 Å². The molecule has 0 aliphatic heterocycles. The molecular formula is C14H15NO. The fraction of sp³-hybridized carbons (Fsp3) is 0.214. The SMILES string of the molecule is CN(C(=O)C1=CC=CCC1)c1ccccc1. The van der Waals surface area contributed by atoms with Crippen molar-refractivity contribution in [2.45, 2.75) is 12.8 Å². The first kappa shape index (κ1) is 10.7. The number of carbonyl (C=O) groups excluding carboxylic acids is 1. The summed E-state index contributed by atoms with van der Waals surface area (Å²) in [5, 5.41) is 0. The molecule has 0 spiro atoms. The number of para-hydroxylation sites is 1. The molecule has 1 aliphatic carbocycles. The predicted molar refractivity (Wildman–Crippen MR) is 66.3 cm³/mol. The van der Waals surface area contributed by atoms with Gasteiger partial charge < -0.3 is 4.90 Å². The Morgan fingerprint density at radius 1 is 1.25 bits per heavy atom. The normalized spacial score (nSPS) is 14.4. The van der Waals surface area contributed by atoms with Crippen LogP contribution in [0, 0.1) is 0 Å². The standard InChI is InChI=1S/C14H15NO/c1-15(13-10-6-3-7-11-13)14(16)12-8-4-2-5-9-12/h2-4,6-8,10-11H,5,9H2,1H3. The molecule has 2 heteroatoms. The van der Waals surface area contributed by atoms with E-state index in [1.807, 2.05) is 49.5 Å². The highest BCUT2D eigenvalue weighted by atomic mass is 16.2. The molecule has 1 aromatic rings. The topological polar surface area (TPSA) is 20.3 Å². The Balaban J connectivity index is 2.16. The summed E-state index contributed by atoms with van der Waals surface area (Å²) in [7, 11) is 1.82. The van der Waals surface area contributed by atoms with Crippen LogP contribution >= 0.6 is 0 Å². The lowest BCUT2D eigenvalue weighted by Gasteiger charge is -2.19. The van der Waals surface area contributed by atoms with Gasteiger partial charge in [0.25, 0.3) is 5.91 Å². The van der Waals surface area contributed by atoms with Gasteiger partial charge in [-0.2, -0.15) is 0 Å². The van der Waals surface area contributed by atoms with Crippen LogP contribution in [0.15, 0.2) is 54.1 Å². The first-order valence-electron chi connectivity index (χ1n) is 5.48. The van der Waals surface area contributed by atoms with Crippen molar-refractivity contribution < 1.29 is 4.79 Å². The Bertz CT molecular complexity index is 431. The van der Waals surface area contributed by atoms with Gasteiger partial charge in [0.2, 0.25) is 0 Å². The van der Waals surface area contributed by atoms with Gasteiger partial charge in [0.1, 0.15) is 0 Å². The third-order valence-electron chi connectivity index (χ3n) is 2.74. The molecule has 0 heterocycles. The Morgan fingerprint density at radius 2 is 2.00 bits per heavy atom. The van der Waals surface area contributed by atoms with Crippen molar-refractivity contribution in [1.82, 2.24) is 0 Å². The van der Waals surface area contributed by atoms with Gasteiger partial charge in [-0.3, -0.25) is 4.79 Å². The summed E-state index contributed by atoms with van der Waals surface area (Å²) < 4.78 is 0. The van der Waals surface area contributed by atoms with E-state index in [2.05, 4.69) is 6.08 Å². The molecule has 0 atom stereocenters. The Kier molecular flexibility index (Phi) is 3.20. The maximum absolute atomic E-state index is 12.1. The maximum Gasteiger partial charge on any atom is 0.253 e. The minimum absolute atomic E-state index is 0.0931. The summed E-state index contributed by atoms with van der Waals surface area (Å²) in [5.41, 5.74) is 1.82. The third kappa shape index (κ3) is 2.22. The molecular weight excluding hydrogens is 198 g/mol. The molecule has 2 rings (SSSR count). The molecule has 0 unspecified atom stereocenters. The maximum atomic E-state index is 12.1. The number of amides is 1. The van der Waals surface area contributed by atoms with Crippen LogP contribution in [-0.2, 0) is 4.79 Å². The second-order valence-electron chi connectivity index (χ2n) is 3.86. The third-order valence-corrected chi connectivity index (χ3v) is 2.74. The Labute approximate surface area is 95.9 Å². The van der Waals surface area contributed by atoms with Crippen molar-refractivity contribution in [3.05, 3.63) is 54.1 Å². The molecule has 2 nitrogen and oxygen atoms in total. The van der Waals surface area contributed by atoms with Crippen LogP contribution in [0.25, 0.3) is 0 Å². The number of anilines is 1. The quantitative estimate of drug-likeness (QED) is 0.739. The molecule has 1 amide bonds. The number of likely N-dealkylation sites (N-methyl/N-ethyl adjacent to an activating group) is 1. The Morgan fingerprint density at radius 3 is 2.62 bits per heavy atom. The molecule has 0 aromatic heterocycles. The van der Waals surface area contributed by atoms with E-state index < -0.39 is 0 Å². The molecule has 16 heavy (non-hydrogen) atoms. The van der Waals surface area contributed by atoms with Crippen molar-refractivity contribution in [2.24, 2.45) is 0 Å². The van der Waals surface area contributed by atoms with Crippen LogP contribution in [0.2, 0.25) is 0 Å². The van der Waals surface area contributed by atoms with Crippen molar-refractivity contribution in [1.29, 1.82) is 0 Å². The molecule has 0 fully saturated rings. The van der Waals surface area contributed by atoms with Crippen LogP contribution in [-0.4, -0.2) is 13.0 Å². The Hall–Kier alpha value is -1.83. The summed E-state index contributed by atoms with van der Waals surface area (Å²) in [6.45, 7) is 0. The monoisotopic (exact) mass is 213 g/mol. The van der Waals surface area contributed by atoms with Crippen LogP contribution in [0.3, 0.4) is 0 Å². The first-order valence-corrected chi connectivity index (χ1v) is 5.48. The predicted octanol–water partition coefficient (Wildman–Crippen LogP) is 2.93. The molecule has 1 aliphatic rings. The minimum atomic E-state index is 0.0931. The van der Waals surface area contributed by atoms with E-state index in [1.165, 1.54) is 0 Å². The van der Waals surface area contributed by atoms with Crippen LogP contribution in [0.1, 0.15) is 12.8 Å². The van der Waals surface area contributed by atoms with Gasteiger partial charge in [-0.15, -0.1) is 0 Å². The number of carbonyl (C=O) groups is 1. The number of allylic oxidation sites excluding steroid dienone is 3. The highest BCUT2D eigenvalue weighted by molar-refractivity contribution is 6.05. The van der Waals surface area contributed by atoms with Gasteiger partial charge in [-0.05, 0) is 25.0 Å². The van der Waals surface area contributed by atoms with Gasteiger partial charge in [0, 0.05) is 18.3 Å². The fourth-order valence-electron chi connectivity index (χ4n) is 1.77. The summed E-state index contributed by atoms with van der Waals surface area (Å²) in [6.07, 6.45) is 7.74. The number of rotatable bonds is 2. The summed E-state index contributed by atoms with van der Waals surface area (Å²) in [4.78, 5) is 13.8. The van der Waals surface area contributed by atoms with E-state index in [-0.39, 0.29) is 5.91 Å². The second-order valence-corrected chi connectivity index (χ2v) is 3.86. The molecule has 0 radical (unpaired) electrons. The fourth-order valence-corrected chi connectivity index (χ4v) is 1.77. The van der Waals surface area contributed by atoms with Gasteiger partial charge >= 0.3 is 0 Å². The molecule has 1 aromatic carbocycles. The van der Waals surface area contributed by atoms with Gasteiger partial charge in [-0.25, -0.2) is 0 Å². The first-order chi connectivity index (χ1) is 7.79. The van der Waals surface area contributed by atoms with E-state index in [0.717, 1.165) is 24.1 Å². The average molecular weight is 213 g/mol. The molecule has 0 saturated carbocycles. The van der Waals surface area contributed by atoms with E-state index in [4.69, 9.17) is 0 Å². The smallest absolute Gasteiger partial charge is 0.253 e. The van der Waals surface area contributed by atoms with E-state index in [0.29, 0.717) is 0 Å². The van der Waals surface area contributed by atoms with E-state index in [1.54, 1.807) is 4.90 Å². The molecule has 0 bridgehead atoms. The zero-order chi connectivity index (χ0) is 11.4. The largest absolute Gasteiger partial charge is 0.312 e. The zero-order valence-electron chi connectivity index (χ0n) is 9.39. The van der Waals surface area contributed by atoms with Gasteiger partial charge in [-0.1, -0.05) is 36.4 Å². The summed E-state index contributed by atoms with van der Waals surface area (Å²) in [6, 6.07) is 9.71. The van der Waals surface area contributed by atoms with Crippen molar-refractivity contribution >= 4 is 11.6 Å². The minimum Gasteiger partial charge on any atom is -0.312 e. The summed E-state index contributed by atoms with van der Waals surface area (Å²) in [5.74, 6) is 0.0931. The highest BCUT2D eigenvalue weighted by Crippen LogP contribution is 2.18. The molecule has 0 saturated heterocycles.